The second-order valence-corrected chi connectivity index (χ2v) is 5.40. The number of para-hydroxylation sites is 1. The summed E-state index contributed by atoms with van der Waals surface area (Å²) < 4.78 is 0. The predicted molar refractivity (Wildman–Crippen MR) is 72.2 cm³/mol. The Balaban J connectivity index is 1.67. The van der Waals surface area contributed by atoms with E-state index in [-0.39, 0.29) is 0 Å². The first kappa shape index (κ1) is 10.9. The van der Waals surface area contributed by atoms with E-state index in [1.54, 1.807) is 0 Å². The Bertz CT molecular complexity index is 392. The highest BCUT2D eigenvalue weighted by Gasteiger charge is 2.34. The van der Waals surface area contributed by atoms with Crippen molar-refractivity contribution in [3.63, 3.8) is 0 Å². The number of likely N-dealkylation sites (tertiary alicyclic amines) is 1. The quantitative estimate of drug-likeness (QED) is 0.784. The van der Waals surface area contributed by atoms with Crippen LogP contribution in [0.3, 0.4) is 0 Å². The summed E-state index contributed by atoms with van der Waals surface area (Å²) in [6.07, 6.45) is 4.04. The van der Waals surface area contributed by atoms with Crippen molar-refractivity contribution in [1.82, 2.24) is 4.90 Å². The van der Waals surface area contributed by atoms with Crippen LogP contribution < -0.4 is 11.1 Å². The molecular weight excluding hydrogens is 210 g/mol. The minimum Gasteiger partial charge on any atom is -0.397 e. The second kappa shape index (κ2) is 4.22. The largest absolute Gasteiger partial charge is 0.397 e. The van der Waals surface area contributed by atoms with Gasteiger partial charge in [-0.3, -0.25) is 4.90 Å². The Morgan fingerprint density at radius 1 is 1.29 bits per heavy atom. The molecule has 2 fully saturated rings. The van der Waals surface area contributed by atoms with E-state index in [1.807, 2.05) is 12.1 Å². The van der Waals surface area contributed by atoms with Crippen molar-refractivity contribution in [3.05, 3.63) is 23.8 Å². The van der Waals surface area contributed by atoms with Crippen LogP contribution in [0.2, 0.25) is 0 Å². The van der Waals surface area contributed by atoms with Crippen molar-refractivity contribution in [2.45, 2.75) is 38.3 Å². The lowest BCUT2D eigenvalue weighted by Crippen LogP contribution is -2.28. The zero-order chi connectivity index (χ0) is 11.8. The number of rotatable bonds is 3. The van der Waals surface area contributed by atoms with Crippen LogP contribution in [0.1, 0.15) is 24.8 Å². The number of nitrogens with zero attached hydrogens (tertiary/aromatic N) is 1. The molecule has 0 bridgehead atoms. The Kier molecular flexibility index (Phi) is 2.71. The summed E-state index contributed by atoms with van der Waals surface area (Å²) in [6.45, 7) is 4.54. The van der Waals surface area contributed by atoms with Crippen molar-refractivity contribution < 1.29 is 0 Å². The molecule has 92 valence electrons. The van der Waals surface area contributed by atoms with E-state index in [9.17, 15) is 0 Å². The fraction of sp³-hybridized carbons (Fsp3) is 0.571. The zero-order valence-electron chi connectivity index (χ0n) is 10.4. The lowest BCUT2D eigenvalue weighted by molar-refractivity contribution is 0.326. The van der Waals surface area contributed by atoms with Gasteiger partial charge in [-0.25, -0.2) is 0 Å². The lowest BCUT2D eigenvalue weighted by Gasteiger charge is -2.19. The van der Waals surface area contributed by atoms with Crippen LogP contribution in [0.25, 0.3) is 0 Å². The van der Waals surface area contributed by atoms with Gasteiger partial charge in [0.25, 0.3) is 0 Å². The first-order chi connectivity index (χ1) is 8.24. The molecule has 0 aromatic heterocycles. The van der Waals surface area contributed by atoms with Gasteiger partial charge >= 0.3 is 0 Å². The van der Waals surface area contributed by atoms with E-state index in [0.717, 1.165) is 17.4 Å². The normalized spacial score (nSPS) is 25.1. The van der Waals surface area contributed by atoms with Gasteiger partial charge in [0.2, 0.25) is 0 Å². The molecule has 1 saturated carbocycles. The van der Waals surface area contributed by atoms with Gasteiger partial charge < -0.3 is 11.1 Å². The molecule has 1 saturated heterocycles. The summed E-state index contributed by atoms with van der Waals surface area (Å²) in [5, 5.41) is 3.62. The highest BCUT2D eigenvalue weighted by Crippen LogP contribution is 2.31. The van der Waals surface area contributed by atoms with Gasteiger partial charge in [-0.1, -0.05) is 12.1 Å². The average molecular weight is 231 g/mol. The number of hydrogen-bond donors (Lipinski definition) is 2. The number of nitrogens with two attached hydrogens (primary N) is 1. The molecule has 3 rings (SSSR count). The van der Waals surface area contributed by atoms with E-state index >= 15 is 0 Å². The van der Waals surface area contributed by atoms with E-state index in [1.165, 1.54) is 37.9 Å². The molecular formula is C14H21N3. The Hall–Kier alpha value is -1.22. The maximum Gasteiger partial charge on any atom is 0.0606 e. The Morgan fingerprint density at radius 2 is 2.12 bits per heavy atom. The van der Waals surface area contributed by atoms with Gasteiger partial charge in [-0.2, -0.15) is 0 Å². The Morgan fingerprint density at radius 3 is 2.82 bits per heavy atom. The molecule has 1 aromatic rings. The summed E-state index contributed by atoms with van der Waals surface area (Å²) >= 11 is 0. The van der Waals surface area contributed by atoms with Gasteiger partial charge in [0.1, 0.15) is 0 Å². The third kappa shape index (κ3) is 2.25. The standard InChI is InChI=1S/C14H21N3/c1-10-3-2-4-13(15)14(10)16-11-7-8-17(9-11)12-5-6-12/h2-4,11-12,16H,5-9,15H2,1H3. The van der Waals surface area contributed by atoms with Crippen LogP contribution in [0.4, 0.5) is 11.4 Å². The smallest absolute Gasteiger partial charge is 0.0606 e. The van der Waals surface area contributed by atoms with Gasteiger partial charge in [0.05, 0.1) is 11.4 Å². The van der Waals surface area contributed by atoms with E-state index in [0.29, 0.717) is 6.04 Å². The SMILES string of the molecule is Cc1cccc(N)c1NC1CCN(C2CC2)C1. The third-order valence-electron chi connectivity index (χ3n) is 3.94. The third-order valence-corrected chi connectivity index (χ3v) is 3.94. The molecule has 3 N–H and O–H groups in total. The molecule has 1 aliphatic heterocycles. The van der Waals surface area contributed by atoms with E-state index in [2.05, 4.69) is 23.2 Å². The first-order valence-electron chi connectivity index (χ1n) is 6.60. The topological polar surface area (TPSA) is 41.3 Å². The number of benzene rings is 1. The van der Waals surface area contributed by atoms with Crippen LogP contribution in [0.15, 0.2) is 18.2 Å². The second-order valence-electron chi connectivity index (χ2n) is 5.40. The number of aryl methyl sites for hydroxylation is 1. The maximum absolute atomic E-state index is 6.03. The number of nitrogen functional groups attached to an aromatic ring is 1. The molecule has 0 amide bonds. The molecule has 1 heterocycles. The highest BCUT2D eigenvalue weighted by molar-refractivity contribution is 5.70. The number of hydrogen-bond acceptors (Lipinski definition) is 3. The van der Waals surface area contributed by atoms with Crippen LogP contribution >= 0.6 is 0 Å². The number of anilines is 2. The summed E-state index contributed by atoms with van der Waals surface area (Å²) in [7, 11) is 0. The zero-order valence-corrected chi connectivity index (χ0v) is 10.4. The van der Waals surface area contributed by atoms with Crippen LogP contribution in [0.5, 0.6) is 0 Å². The van der Waals surface area contributed by atoms with Crippen molar-refractivity contribution in [3.8, 4) is 0 Å². The van der Waals surface area contributed by atoms with Gasteiger partial charge in [0, 0.05) is 25.2 Å². The minimum atomic E-state index is 0.569. The Labute approximate surface area is 103 Å². The monoisotopic (exact) mass is 231 g/mol. The lowest BCUT2D eigenvalue weighted by atomic mass is 10.1. The molecule has 3 nitrogen and oxygen atoms in total. The molecule has 1 aliphatic carbocycles. The van der Waals surface area contributed by atoms with E-state index < -0.39 is 0 Å². The predicted octanol–water partition coefficient (Wildman–Crippen LogP) is 2.23. The van der Waals surface area contributed by atoms with Crippen LogP contribution in [-0.4, -0.2) is 30.1 Å². The fourth-order valence-corrected chi connectivity index (χ4v) is 2.77. The average Bonchev–Trinajstić information content (AvgIpc) is 3.05. The molecule has 17 heavy (non-hydrogen) atoms. The fourth-order valence-electron chi connectivity index (χ4n) is 2.77. The summed E-state index contributed by atoms with van der Waals surface area (Å²) in [5.74, 6) is 0. The summed E-state index contributed by atoms with van der Waals surface area (Å²) in [4.78, 5) is 2.62. The molecule has 1 unspecified atom stereocenters. The van der Waals surface area contributed by atoms with Crippen LogP contribution in [0, 0.1) is 6.92 Å². The van der Waals surface area contributed by atoms with Crippen molar-refractivity contribution in [2.75, 3.05) is 24.1 Å². The summed E-state index contributed by atoms with van der Waals surface area (Å²) in [5.41, 5.74) is 9.28. The molecule has 3 heteroatoms. The van der Waals surface area contributed by atoms with Gasteiger partial charge in [-0.05, 0) is 37.8 Å². The van der Waals surface area contributed by atoms with Crippen molar-refractivity contribution in [2.24, 2.45) is 0 Å². The van der Waals surface area contributed by atoms with Crippen molar-refractivity contribution in [1.29, 1.82) is 0 Å². The maximum atomic E-state index is 6.03. The van der Waals surface area contributed by atoms with Crippen molar-refractivity contribution >= 4 is 11.4 Å². The van der Waals surface area contributed by atoms with E-state index in [4.69, 9.17) is 5.73 Å². The molecule has 1 atom stereocenters. The van der Waals surface area contributed by atoms with Crippen LogP contribution in [-0.2, 0) is 0 Å². The minimum absolute atomic E-state index is 0.569. The molecule has 2 aliphatic rings. The molecule has 1 aromatic carbocycles. The first-order valence-corrected chi connectivity index (χ1v) is 6.60. The van der Waals surface area contributed by atoms with Gasteiger partial charge in [-0.15, -0.1) is 0 Å². The molecule has 0 radical (unpaired) electrons. The van der Waals surface area contributed by atoms with Gasteiger partial charge in [0.15, 0.2) is 0 Å². The molecule has 0 spiro atoms. The number of nitrogens with one attached hydrogen (secondary N) is 1. The highest BCUT2D eigenvalue weighted by atomic mass is 15.2. The summed E-state index contributed by atoms with van der Waals surface area (Å²) in [6, 6.07) is 7.56.